The normalized spacial score (nSPS) is 17.6. The summed E-state index contributed by atoms with van der Waals surface area (Å²) >= 11 is 0. The highest BCUT2D eigenvalue weighted by atomic mass is 32.2. The summed E-state index contributed by atoms with van der Waals surface area (Å²) in [6.07, 6.45) is 2.53. The molecule has 6 heteroatoms. The van der Waals surface area contributed by atoms with Crippen LogP contribution in [0.25, 0.3) is 0 Å². The highest BCUT2D eigenvalue weighted by Crippen LogP contribution is 2.33. The molecule has 1 saturated carbocycles. The van der Waals surface area contributed by atoms with Gasteiger partial charge in [0.05, 0.1) is 4.90 Å². The molecule has 0 bridgehead atoms. The Labute approximate surface area is 132 Å². The number of amides is 1. The number of aryl methyl sites for hydroxylation is 2. The van der Waals surface area contributed by atoms with Crippen LogP contribution in [0.15, 0.2) is 11.0 Å². The average molecular weight is 324 g/mol. The highest BCUT2D eigenvalue weighted by Gasteiger charge is 2.43. The van der Waals surface area contributed by atoms with E-state index in [0.29, 0.717) is 24.0 Å². The molecule has 22 heavy (non-hydrogen) atoms. The monoisotopic (exact) mass is 324 g/mol. The summed E-state index contributed by atoms with van der Waals surface area (Å²) in [5, 5.41) is 0. The van der Waals surface area contributed by atoms with Crippen LogP contribution < -0.4 is 10.5 Å². The molecule has 1 aromatic carbocycles. The molecule has 0 unspecified atom stereocenters. The van der Waals surface area contributed by atoms with Crippen LogP contribution in [-0.2, 0) is 14.8 Å². The summed E-state index contributed by atoms with van der Waals surface area (Å²) in [7, 11) is -3.80. The van der Waals surface area contributed by atoms with Crippen molar-refractivity contribution >= 4 is 15.9 Å². The zero-order valence-electron chi connectivity index (χ0n) is 13.6. The van der Waals surface area contributed by atoms with E-state index in [1.165, 1.54) is 0 Å². The second-order valence-electron chi connectivity index (χ2n) is 6.35. The summed E-state index contributed by atoms with van der Waals surface area (Å²) in [6.45, 7) is 7.37. The van der Waals surface area contributed by atoms with Gasteiger partial charge in [-0.1, -0.05) is 18.9 Å². The van der Waals surface area contributed by atoms with Crippen LogP contribution >= 0.6 is 0 Å². The van der Waals surface area contributed by atoms with Crippen LogP contribution in [0.5, 0.6) is 0 Å². The summed E-state index contributed by atoms with van der Waals surface area (Å²) in [5.41, 5.74) is 7.62. The molecule has 0 radical (unpaired) electrons. The zero-order valence-corrected chi connectivity index (χ0v) is 14.4. The van der Waals surface area contributed by atoms with Gasteiger partial charge in [0.25, 0.3) is 0 Å². The number of benzene rings is 1. The average Bonchev–Trinajstić information content (AvgIpc) is 2.85. The molecule has 0 spiro atoms. The number of hydrogen-bond donors (Lipinski definition) is 2. The largest absolute Gasteiger partial charge is 0.368 e. The van der Waals surface area contributed by atoms with Crippen molar-refractivity contribution in [3.05, 3.63) is 28.3 Å². The lowest BCUT2D eigenvalue weighted by Gasteiger charge is -2.27. The first kappa shape index (κ1) is 17.0. The molecule has 0 aliphatic heterocycles. The molecule has 1 aromatic rings. The van der Waals surface area contributed by atoms with Crippen molar-refractivity contribution in [2.45, 2.75) is 63.8 Å². The first-order valence-corrected chi connectivity index (χ1v) is 9.00. The Bertz CT molecular complexity index is 691. The number of carbonyl (C=O) groups is 1. The minimum atomic E-state index is -3.80. The smallest absolute Gasteiger partial charge is 0.242 e. The number of rotatable bonds is 4. The quantitative estimate of drug-likeness (QED) is 0.887. The van der Waals surface area contributed by atoms with Gasteiger partial charge >= 0.3 is 0 Å². The van der Waals surface area contributed by atoms with E-state index in [2.05, 4.69) is 4.72 Å². The molecule has 1 fully saturated rings. The second-order valence-corrected chi connectivity index (χ2v) is 7.97. The van der Waals surface area contributed by atoms with Crippen LogP contribution in [0.2, 0.25) is 0 Å². The van der Waals surface area contributed by atoms with Crippen molar-refractivity contribution in [3.8, 4) is 0 Å². The maximum absolute atomic E-state index is 12.9. The molecule has 0 atom stereocenters. The molecule has 5 nitrogen and oxygen atoms in total. The van der Waals surface area contributed by atoms with Crippen LogP contribution in [0.1, 0.15) is 47.9 Å². The number of nitrogens with two attached hydrogens (primary N) is 1. The zero-order chi connectivity index (χ0) is 16.7. The molecular weight excluding hydrogens is 300 g/mol. The lowest BCUT2D eigenvalue weighted by Crippen LogP contribution is -2.55. The fourth-order valence-corrected chi connectivity index (χ4v) is 5.32. The van der Waals surface area contributed by atoms with Gasteiger partial charge in [-0.25, -0.2) is 8.42 Å². The second kappa shape index (κ2) is 5.66. The Balaban J connectivity index is 2.55. The maximum Gasteiger partial charge on any atom is 0.242 e. The van der Waals surface area contributed by atoms with E-state index in [-0.39, 0.29) is 4.90 Å². The topological polar surface area (TPSA) is 89.3 Å². The van der Waals surface area contributed by atoms with Gasteiger partial charge in [-0.3, -0.25) is 4.79 Å². The van der Waals surface area contributed by atoms with Crippen molar-refractivity contribution in [1.29, 1.82) is 0 Å². The number of hydrogen-bond acceptors (Lipinski definition) is 3. The minimum absolute atomic E-state index is 0.275. The van der Waals surface area contributed by atoms with Gasteiger partial charge in [0.2, 0.25) is 15.9 Å². The number of primary amides is 1. The van der Waals surface area contributed by atoms with Crippen molar-refractivity contribution in [2.24, 2.45) is 5.73 Å². The van der Waals surface area contributed by atoms with Crippen LogP contribution in [0.3, 0.4) is 0 Å². The van der Waals surface area contributed by atoms with E-state index in [1.54, 1.807) is 13.8 Å². The van der Waals surface area contributed by atoms with E-state index in [0.717, 1.165) is 24.0 Å². The summed E-state index contributed by atoms with van der Waals surface area (Å²) in [5.74, 6) is -0.590. The molecule has 1 amide bonds. The minimum Gasteiger partial charge on any atom is -0.368 e. The van der Waals surface area contributed by atoms with Crippen LogP contribution in [0.4, 0.5) is 0 Å². The van der Waals surface area contributed by atoms with Crippen molar-refractivity contribution < 1.29 is 13.2 Å². The molecule has 1 aliphatic rings. The van der Waals surface area contributed by atoms with Crippen molar-refractivity contribution in [2.75, 3.05) is 0 Å². The Kier molecular flexibility index (Phi) is 4.37. The third kappa shape index (κ3) is 2.77. The highest BCUT2D eigenvalue weighted by molar-refractivity contribution is 7.89. The van der Waals surface area contributed by atoms with E-state index < -0.39 is 21.5 Å². The van der Waals surface area contributed by atoms with Gasteiger partial charge in [0, 0.05) is 0 Å². The van der Waals surface area contributed by atoms with Gasteiger partial charge in [0.15, 0.2) is 0 Å². The first-order chi connectivity index (χ1) is 10.1. The van der Waals surface area contributed by atoms with Gasteiger partial charge in [-0.2, -0.15) is 4.72 Å². The molecule has 0 saturated heterocycles. The summed E-state index contributed by atoms with van der Waals surface area (Å²) in [4.78, 5) is 12.1. The number of nitrogens with one attached hydrogen (secondary N) is 1. The molecule has 3 N–H and O–H groups in total. The summed E-state index contributed by atoms with van der Waals surface area (Å²) < 4.78 is 28.5. The van der Waals surface area contributed by atoms with Gasteiger partial charge in [-0.15, -0.1) is 0 Å². The third-order valence-electron chi connectivity index (χ3n) is 4.82. The molecular formula is C16H24N2O3S. The van der Waals surface area contributed by atoms with Gasteiger partial charge in [0.1, 0.15) is 5.54 Å². The van der Waals surface area contributed by atoms with E-state index in [4.69, 9.17) is 5.73 Å². The van der Waals surface area contributed by atoms with E-state index in [9.17, 15) is 13.2 Å². The fraction of sp³-hybridized carbons (Fsp3) is 0.562. The predicted molar refractivity (Wildman–Crippen MR) is 86.1 cm³/mol. The molecule has 1 aliphatic carbocycles. The number of carbonyl (C=O) groups excluding carboxylic acids is 1. The van der Waals surface area contributed by atoms with Crippen LogP contribution in [-0.4, -0.2) is 19.9 Å². The van der Waals surface area contributed by atoms with E-state index in [1.807, 2.05) is 19.9 Å². The third-order valence-corrected chi connectivity index (χ3v) is 6.63. The SMILES string of the molecule is Cc1cc(C)c(C)c(S(=O)(=O)NC2(C(N)=O)CCCC2)c1C. The Hall–Kier alpha value is -1.40. The van der Waals surface area contributed by atoms with Gasteiger partial charge < -0.3 is 5.73 Å². The molecule has 2 rings (SSSR count). The summed E-state index contributed by atoms with van der Waals surface area (Å²) in [6, 6.07) is 1.98. The van der Waals surface area contributed by atoms with Crippen molar-refractivity contribution in [3.63, 3.8) is 0 Å². The standard InChI is InChI=1S/C16H24N2O3S/c1-10-9-11(2)13(4)14(12(10)3)22(20,21)18-16(15(17)19)7-5-6-8-16/h9,18H,5-8H2,1-4H3,(H2,17,19). The lowest BCUT2D eigenvalue weighted by molar-refractivity contribution is -0.123. The molecule has 0 heterocycles. The van der Waals surface area contributed by atoms with Gasteiger partial charge in [-0.05, 0) is 62.8 Å². The Morgan fingerprint density at radius 2 is 1.55 bits per heavy atom. The Morgan fingerprint density at radius 1 is 1.09 bits per heavy atom. The number of sulfonamides is 1. The lowest BCUT2D eigenvalue weighted by atomic mass is 9.99. The molecule has 122 valence electrons. The van der Waals surface area contributed by atoms with Crippen LogP contribution in [0, 0.1) is 27.7 Å². The van der Waals surface area contributed by atoms with E-state index >= 15 is 0 Å². The maximum atomic E-state index is 12.9. The fourth-order valence-electron chi connectivity index (χ4n) is 3.27. The Morgan fingerprint density at radius 3 is 1.95 bits per heavy atom. The van der Waals surface area contributed by atoms with Crippen molar-refractivity contribution in [1.82, 2.24) is 4.72 Å². The molecule has 0 aromatic heterocycles. The predicted octanol–water partition coefficient (Wildman–Crippen LogP) is 2.00. The first-order valence-electron chi connectivity index (χ1n) is 7.52.